The molecule has 5 rings (SSSR count). The van der Waals surface area contributed by atoms with Gasteiger partial charge in [0, 0.05) is 48.8 Å². The minimum atomic E-state index is -0.448. The molecule has 170 valence electrons. The third kappa shape index (κ3) is 3.57. The Morgan fingerprint density at radius 3 is 2.58 bits per heavy atom. The third-order valence-electron chi connectivity index (χ3n) is 7.30. The lowest BCUT2D eigenvalue weighted by Gasteiger charge is -2.35. The molecule has 2 aliphatic heterocycles. The summed E-state index contributed by atoms with van der Waals surface area (Å²) in [5, 5.41) is 13.4. The van der Waals surface area contributed by atoms with Gasteiger partial charge in [-0.3, -0.25) is 19.5 Å². The molecule has 0 radical (unpaired) electrons. The van der Waals surface area contributed by atoms with Gasteiger partial charge in [0.15, 0.2) is 0 Å². The maximum Gasteiger partial charge on any atom is 0.258 e. The number of aliphatic hydroxyl groups is 1. The maximum atomic E-state index is 13.5. The highest BCUT2D eigenvalue weighted by atomic mass is 16.3. The fourth-order valence-electron chi connectivity index (χ4n) is 5.58. The predicted molar refractivity (Wildman–Crippen MR) is 125 cm³/mol. The highest BCUT2D eigenvalue weighted by Gasteiger charge is 2.54. The molecule has 1 saturated heterocycles. The Morgan fingerprint density at radius 2 is 1.88 bits per heavy atom. The highest BCUT2D eigenvalue weighted by Crippen LogP contribution is 2.47. The fraction of sp³-hybridized carbons (Fsp3) is 0.346. The topological polar surface area (TPSA) is 87.5 Å². The predicted octanol–water partition coefficient (Wildman–Crippen LogP) is 2.38. The molecule has 2 aliphatic rings. The quantitative estimate of drug-likeness (QED) is 0.631. The molecule has 0 unspecified atom stereocenters. The first kappa shape index (κ1) is 21.6. The summed E-state index contributed by atoms with van der Waals surface area (Å²) >= 11 is 0. The minimum Gasteiger partial charge on any atom is -0.396 e. The van der Waals surface area contributed by atoms with Crippen LogP contribution in [0, 0.1) is 11.8 Å². The number of aliphatic hydroxyl groups excluding tert-OH is 1. The number of amides is 1. The summed E-state index contributed by atoms with van der Waals surface area (Å²) in [5.74, 6) is -0.799. The minimum absolute atomic E-state index is 0.0720. The molecule has 4 heterocycles. The van der Waals surface area contributed by atoms with Crippen molar-refractivity contribution >= 4 is 5.91 Å². The van der Waals surface area contributed by atoms with Crippen LogP contribution in [0.15, 0.2) is 71.8 Å². The molecule has 2 N–H and O–H groups in total. The van der Waals surface area contributed by atoms with Gasteiger partial charge < -0.3 is 15.0 Å². The van der Waals surface area contributed by atoms with Crippen molar-refractivity contribution in [2.45, 2.75) is 31.6 Å². The number of pyridine rings is 2. The van der Waals surface area contributed by atoms with Crippen LogP contribution in [0.5, 0.6) is 0 Å². The molecule has 1 amide bonds. The second-order valence-electron chi connectivity index (χ2n) is 9.01. The molecular formula is C26H28N4O3. The van der Waals surface area contributed by atoms with Crippen LogP contribution in [-0.2, 0) is 11.3 Å². The van der Waals surface area contributed by atoms with Crippen LogP contribution in [0.3, 0.4) is 0 Å². The average Bonchev–Trinajstić information content (AvgIpc) is 3.02. The lowest BCUT2D eigenvalue weighted by molar-refractivity contribution is -0.128. The largest absolute Gasteiger partial charge is 0.396 e. The Kier molecular flexibility index (Phi) is 5.60. The van der Waals surface area contributed by atoms with Crippen molar-refractivity contribution in [3.63, 3.8) is 0 Å². The zero-order chi connectivity index (χ0) is 23.1. The van der Waals surface area contributed by atoms with Gasteiger partial charge in [-0.25, -0.2) is 0 Å². The third-order valence-corrected chi connectivity index (χ3v) is 7.30. The van der Waals surface area contributed by atoms with Crippen molar-refractivity contribution in [2.24, 2.45) is 11.8 Å². The van der Waals surface area contributed by atoms with Gasteiger partial charge in [0.25, 0.3) is 5.56 Å². The lowest BCUT2D eigenvalue weighted by Crippen LogP contribution is -2.44. The van der Waals surface area contributed by atoms with E-state index in [2.05, 4.69) is 15.2 Å². The van der Waals surface area contributed by atoms with Crippen LogP contribution in [-0.4, -0.2) is 45.2 Å². The zero-order valence-corrected chi connectivity index (χ0v) is 18.8. The summed E-state index contributed by atoms with van der Waals surface area (Å²) in [6.07, 6.45) is 3.35. The average molecular weight is 445 g/mol. The van der Waals surface area contributed by atoms with Gasteiger partial charge in [-0.05, 0) is 49.4 Å². The van der Waals surface area contributed by atoms with Crippen LogP contribution in [0.4, 0.5) is 0 Å². The van der Waals surface area contributed by atoms with E-state index in [0.29, 0.717) is 12.1 Å². The van der Waals surface area contributed by atoms with E-state index in [0.717, 1.165) is 16.8 Å². The Bertz CT molecular complexity index is 1210. The number of likely N-dealkylation sites (N-methyl/N-ethyl adjacent to an activating group) is 1. The second kappa shape index (κ2) is 8.57. The summed E-state index contributed by atoms with van der Waals surface area (Å²) in [6, 6.07) is 16.7. The van der Waals surface area contributed by atoms with Crippen molar-refractivity contribution in [3.8, 4) is 11.1 Å². The van der Waals surface area contributed by atoms with Crippen LogP contribution >= 0.6 is 0 Å². The number of nitrogens with one attached hydrogen (secondary N) is 1. The van der Waals surface area contributed by atoms with E-state index in [1.54, 1.807) is 17.0 Å². The van der Waals surface area contributed by atoms with Crippen molar-refractivity contribution in [1.82, 2.24) is 19.8 Å². The van der Waals surface area contributed by atoms with Crippen LogP contribution in [0.1, 0.15) is 30.3 Å². The summed E-state index contributed by atoms with van der Waals surface area (Å²) in [7, 11) is 1.98. The summed E-state index contributed by atoms with van der Waals surface area (Å²) in [5.41, 5.74) is 3.21. The number of carbonyl (C=O) groups is 1. The lowest BCUT2D eigenvalue weighted by atomic mass is 9.86. The van der Waals surface area contributed by atoms with Crippen molar-refractivity contribution in [1.29, 1.82) is 0 Å². The molecule has 5 atom stereocenters. The first-order chi connectivity index (χ1) is 16.0. The number of carbonyl (C=O) groups excluding carboxylic acids is 1. The Morgan fingerprint density at radius 1 is 1.15 bits per heavy atom. The summed E-state index contributed by atoms with van der Waals surface area (Å²) < 4.78 is 1.79. The van der Waals surface area contributed by atoms with Crippen LogP contribution in [0.2, 0.25) is 0 Å². The fourth-order valence-corrected chi connectivity index (χ4v) is 5.58. The smallest absolute Gasteiger partial charge is 0.258 e. The molecule has 1 fully saturated rings. The molecule has 33 heavy (non-hydrogen) atoms. The number of hydrogen-bond acceptors (Lipinski definition) is 5. The van der Waals surface area contributed by atoms with Crippen molar-refractivity contribution < 1.29 is 9.90 Å². The number of fused-ring (bicyclic) bond motifs is 4. The van der Waals surface area contributed by atoms with Gasteiger partial charge in [-0.1, -0.05) is 30.3 Å². The molecule has 3 aromatic rings. The molecule has 2 bridgehead atoms. The zero-order valence-electron chi connectivity index (χ0n) is 18.8. The number of nitrogens with zero attached hydrogens (tertiary/aromatic N) is 3. The number of hydrogen-bond donors (Lipinski definition) is 2. The van der Waals surface area contributed by atoms with Crippen molar-refractivity contribution in [3.05, 3.63) is 88.6 Å². The molecule has 1 aromatic carbocycles. The normalized spacial score (nSPS) is 24.8. The van der Waals surface area contributed by atoms with E-state index < -0.39 is 5.92 Å². The molecule has 0 aliphatic carbocycles. The summed E-state index contributed by atoms with van der Waals surface area (Å²) in [4.78, 5) is 33.2. The first-order valence-electron chi connectivity index (χ1n) is 11.3. The molecule has 0 spiro atoms. The monoisotopic (exact) mass is 444 g/mol. The van der Waals surface area contributed by atoms with E-state index in [9.17, 15) is 14.7 Å². The van der Waals surface area contributed by atoms with E-state index >= 15 is 0 Å². The number of aromatic nitrogens is 2. The van der Waals surface area contributed by atoms with Gasteiger partial charge in [-0.15, -0.1) is 0 Å². The molecule has 0 saturated carbocycles. The molecule has 2 aromatic heterocycles. The van der Waals surface area contributed by atoms with Crippen molar-refractivity contribution in [2.75, 3.05) is 13.7 Å². The number of rotatable bonds is 5. The van der Waals surface area contributed by atoms with E-state index in [4.69, 9.17) is 0 Å². The maximum absolute atomic E-state index is 13.5. The van der Waals surface area contributed by atoms with Crippen LogP contribution < -0.4 is 10.9 Å². The van der Waals surface area contributed by atoms with E-state index in [1.807, 2.05) is 68.6 Å². The van der Waals surface area contributed by atoms with Gasteiger partial charge in [0.1, 0.15) is 0 Å². The number of benzene rings is 1. The van der Waals surface area contributed by atoms with E-state index in [-0.39, 0.29) is 42.1 Å². The standard InChI is InChI=1S/C26H28N4O3/c1-16(17-6-4-3-5-7-17)28-25(32)23-20(15-31)22-14-30-21(24(23)29(22)2)9-8-19(26(30)33)18-10-12-27-13-11-18/h3-13,16,20,22-24,31H,14-15H2,1-2H3,(H,28,32)/t16-,20+,22+,23-,24-/m1/s1. The molecular weight excluding hydrogens is 416 g/mol. The second-order valence-corrected chi connectivity index (χ2v) is 9.01. The first-order valence-corrected chi connectivity index (χ1v) is 11.3. The van der Waals surface area contributed by atoms with Crippen LogP contribution in [0.25, 0.3) is 11.1 Å². The highest BCUT2D eigenvalue weighted by molar-refractivity contribution is 5.81. The summed E-state index contributed by atoms with van der Waals surface area (Å²) in [6.45, 7) is 2.30. The van der Waals surface area contributed by atoms with Gasteiger partial charge in [0.05, 0.1) is 18.0 Å². The van der Waals surface area contributed by atoms with Gasteiger partial charge in [-0.2, -0.15) is 0 Å². The van der Waals surface area contributed by atoms with Gasteiger partial charge in [0.2, 0.25) is 5.91 Å². The molecule has 7 nitrogen and oxygen atoms in total. The SMILES string of the molecule is C[C@@H](NC(=O)[C@@H]1[C@@H](CO)[C@@H]2Cn3c(ccc(-c4ccncc4)c3=O)[C@H]1N2C)c1ccccc1. The Hall–Kier alpha value is -3.29. The Labute approximate surface area is 192 Å². The van der Waals surface area contributed by atoms with Gasteiger partial charge >= 0.3 is 0 Å². The molecule has 7 heteroatoms. The van der Waals surface area contributed by atoms with E-state index in [1.165, 1.54) is 0 Å². The Balaban J connectivity index is 1.51.